The lowest BCUT2D eigenvalue weighted by atomic mass is 10.2. The van der Waals surface area contributed by atoms with Crippen molar-refractivity contribution in [2.45, 2.75) is 20.8 Å². The Kier molecular flexibility index (Phi) is 5.52. The van der Waals surface area contributed by atoms with Gasteiger partial charge in [0.1, 0.15) is 0 Å². The molecule has 1 aromatic heterocycles. The molecule has 0 atom stereocenters. The summed E-state index contributed by atoms with van der Waals surface area (Å²) in [5.41, 5.74) is 1.07. The third-order valence-corrected chi connectivity index (χ3v) is 1.28. The van der Waals surface area contributed by atoms with E-state index in [1.165, 1.54) is 0 Å². The highest BCUT2D eigenvalue weighted by atomic mass is 16.4. The van der Waals surface area contributed by atoms with Crippen LogP contribution in [0, 0.1) is 12.8 Å². The first-order chi connectivity index (χ1) is 6.04. The molecule has 3 heteroatoms. The molecule has 0 unspecified atom stereocenters. The molecule has 0 bridgehead atoms. The molecule has 0 saturated heterocycles. The fourth-order valence-corrected chi connectivity index (χ4v) is 0.448. The molecular formula is C10H14NO2. The van der Waals surface area contributed by atoms with Crippen LogP contribution in [-0.2, 0) is 9.90 Å². The van der Waals surface area contributed by atoms with E-state index in [-0.39, 0.29) is 5.92 Å². The Labute approximate surface area is 78.4 Å². The van der Waals surface area contributed by atoms with E-state index >= 15 is 0 Å². The number of carbonyl (C=O) groups is 1. The second-order valence-electron chi connectivity index (χ2n) is 2.94. The molecule has 0 fully saturated rings. The number of aromatic nitrogens is 1. The molecule has 0 aliphatic heterocycles. The van der Waals surface area contributed by atoms with Crippen LogP contribution < -0.4 is 0 Å². The molecule has 13 heavy (non-hydrogen) atoms. The minimum absolute atomic E-state index is 0.343. The predicted molar refractivity (Wildman–Crippen MR) is 49.5 cm³/mol. The molecule has 0 aliphatic carbocycles. The monoisotopic (exact) mass is 180 g/mol. The molecular weight excluding hydrogens is 166 g/mol. The molecule has 1 heterocycles. The van der Waals surface area contributed by atoms with Crippen molar-refractivity contribution in [1.82, 2.24) is 4.98 Å². The first-order valence-electron chi connectivity index (χ1n) is 4.12. The molecule has 0 aliphatic rings. The van der Waals surface area contributed by atoms with Gasteiger partial charge in [-0.2, -0.15) is 0 Å². The largest absolute Gasteiger partial charge is 0.358 e. The van der Waals surface area contributed by atoms with E-state index in [1.54, 1.807) is 20.0 Å². The van der Waals surface area contributed by atoms with E-state index in [4.69, 9.17) is 0 Å². The van der Waals surface area contributed by atoms with Gasteiger partial charge in [0.25, 0.3) is 0 Å². The number of hydrogen-bond donors (Lipinski definition) is 0. The Balaban J connectivity index is 0.000000226. The zero-order valence-electron chi connectivity index (χ0n) is 8.15. The van der Waals surface area contributed by atoms with Gasteiger partial charge in [-0.25, -0.2) is 9.90 Å². The zero-order chi connectivity index (χ0) is 10.3. The van der Waals surface area contributed by atoms with Gasteiger partial charge in [0.2, 0.25) is 0 Å². The maximum atomic E-state index is 9.59. The average molecular weight is 180 g/mol. The Morgan fingerprint density at radius 2 is 1.92 bits per heavy atom. The first kappa shape index (κ1) is 11.6. The lowest BCUT2D eigenvalue weighted by Gasteiger charge is -1.85. The van der Waals surface area contributed by atoms with Gasteiger partial charge in [-0.05, 0) is 19.1 Å². The fraction of sp³-hybridized carbons (Fsp3) is 0.400. The van der Waals surface area contributed by atoms with Crippen LogP contribution in [0.25, 0.3) is 0 Å². The number of pyridine rings is 1. The van der Waals surface area contributed by atoms with Crippen molar-refractivity contribution < 1.29 is 9.90 Å². The lowest BCUT2D eigenvalue weighted by Crippen LogP contribution is -2.01. The maximum Gasteiger partial charge on any atom is 0.358 e. The van der Waals surface area contributed by atoms with Gasteiger partial charge in [0, 0.05) is 11.9 Å². The third-order valence-electron chi connectivity index (χ3n) is 1.28. The topological polar surface area (TPSA) is 49.9 Å². The van der Waals surface area contributed by atoms with Crippen molar-refractivity contribution in [3.05, 3.63) is 30.1 Å². The minimum Gasteiger partial charge on any atom is -0.262 e. The summed E-state index contributed by atoms with van der Waals surface area (Å²) < 4.78 is 0. The molecule has 0 aromatic carbocycles. The number of hydrogen-bond acceptors (Lipinski definition) is 2. The van der Waals surface area contributed by atoms with Gasteiger partial charge in [-0.1, -0.05) is 19.9 Å². The van der Waals surface area contributed by atoms with E-state index in [0.29, 0.717) is 0 Å². The van der Waals surface area contributed by atoms with Gasteiger partial charge in [0.05, 0.1) is 5.92 Å². The van der Waals surface area contributed by atoms with Crippen molar-refractivity contribution >= 4 is 5.97 Å². The molecule has 1 rings (SSSR count). The SMILES string of the molecule is CC(C)C([O])=O.Cc1ccccn1. The van der Waals surface area contributed by atoms with Gasteiger partial charge >= 0.3 is 5.97 Å². The summed E-state index contributed by atoms with van der Waals surface area (Å²) in [5.74, 6) is -1.33. The van der Waals surface area contributed by atoms with Crippen LogP contribution in [0.4, 0.5) is 0 Å². The number of nitrogens with zero attached hydrogens (tertiary/aromatic N) is 1. The third kappa shape index (κ3) is 7.00. The van der Waals surface area contributed by atoms with Crippen LogP contribution in [0.2, 0.25) is 0 Å². The molecule has 0 saturated carbocycles. The lowest BCUT2D eigenvalue weighted by molar-refractivity contribution is -0.146. The second kappa shape index (κ2) is 6.17. The van der Waals surface area contributed by atoms with E-state index in [9.17, 15) is 9.90 Å². The smallest absolute Gasteiger partial charge is 0.262 e. The Morgan fingerprint density at radius 3 is 2.08 bits per heavy atom. The highest BCUT2D eigenvalue weighted by Gasteiger charge is 2.02. The van der Waals surface area contributed by atoms with Crippen LogP contribution in [0.1, 0.15) is 19.5 Å². The normalized spacial score (nSPS) is 8.92. The summed E-state index contributed by atoms with van der Waals surface area (Å²) in [6.07, 6.45) is 1.79. The van der Waals surface area contributed by atoms with Crippen LogP contribution in [0.5, 0.6) is 0 Å². The van der Waals surface area contributed by atoms with Crippen molar-refractivity contribution in [1.29, 1.82) is 0 Å². The summed E-state index contributed by atoms with van der Waals surface area (Å²) in [7, 11) is 0. The molecule has 0 spiro atoms. The van der Waals surface area contributed by atoms with Crippen LogP contribution in [0.15, 0.2) is 24.4 Å². The van der Waals surface area contributed by atoms with Gasteiger partial charge in [0.15, 0.2) is 0 Å². The summed E-state index contributed by atoms with van der Waals surface area (Å²) in [6.45, 7) is 5.13. The fourth-order valence-electron chi connectivity index (χ4n) is 0.448. The Morgan fingerprint density at radius 1 is 1.38 bits per heavy atom. The van der Waals surface area contributed by atoms with Crippen molar-refractivity contribution in [2.75, 3.05) is 0 Å². The van der Waals surface area contributed by atoms with Crippen LogP contribution in [-0.4, -0.2) is 11.0 Å². The average Bonchev–Trinajstić information content (AvgIpc) is 2.06. The van der Waals surface area contributed by atoms with Crippen molar-refractivity contribution in [2.24, 2.45) is 5.92 Å². The Hall–Kier alpha value is -1.38. The van der Waals surface area contributed by atoms with Crippen molar-refractivity contribution in [3.8, 4) is 0 Å². The summed E-state index contributed by atoms with van der Waals surface area (Å²) in [6, 6.07) is 5.86. The zero-order valence-corrected chi connectivity index (χ0v) is 8.15. The maximum absolute atomic E-state index is 9.59. The summed E-state index contributed by atoms with van der Waals surface area (Å²) in [4.78, 5) is 13.6. The highest BCUT2D eigenvalue weighted by molar-refractivity contribution is 5.68. The molecule has 3 nitrogen and oxygen atoms in total. The first-order valence-corrected chi connectivity index (χ1v) is 4.12. The van der Waals surface area contributed by atoms with E-state index in [0.717, 1.165) is 5.69 Å². The van der Waals surface area contributed by atoms with E-state index in [1.807, 2.05) is 25.1 Å². The minimum atomic E-state index is -0.991. The van der Waals surface area contributed by atoms with Gasteiger partial charge < -0.3 is 0 Å². The number of aryl methyl sites for hydroxylation is 1. The quantitative estimate of drug-likeness (QED) is 0.663. The standard InChI is InChI=1S/C6H7N.C4H7O2/c1-6-4-2-3-5-7-6;1-3(2)4(5)6/h2-5H,1H3;3H,1-2H3. The predicted octanol–water partition coefficient (Wildman–Crippen LogP) is 1.99. The van der Waals surface area contributed by atoms with Crippen molar-refractivity contribution in [3.63, 3.8) is 0 Å². The highest BCUT2D eigenvalue weighted by Crippen LogP contribution is 1.88. The molecule has 71 valence electrons. The second-order valence-corrected chi connectivity index (χ2v) is 2.94. The van der Waals surface area contributed by atoms with E-state index < -0.39 is 5.97 Å². The number of rotatable bonds is 1. The van der Waals surface area contributed by atoms with Crippen LogP contribution in [0.3, 0.4) is 0 Å². The molecule has 0 N–H and O–H groups in total. The molecule has 1 aromatic rings. The summed E-state index contributed by atoms with van der Waals surface area (Å²) >= 11 is 0. The molecule has 0 amide bonds. The van der Waals surface area contributed by atoms with Crippen LogP contribution >= 0.6 is 0 Å². The molecule has 1 radical (unpaired) electrons. The van der Waals surface area contributed by atoms with Gasteiger partial charge in [-0.15, -0.1) is 0 Å². The Bertz CT molecular complexity index is 244. The van der Waals surface area contributed by atoms with E-state index in [2.05, 4.69) is 4.98 Å². The summed E-state index contributed by atoms with van der Waals surface area (Å²) in [5, 5.41) is 9.59. The number of carbonyl (C=O) groups excluding carboxylic acids is 1. The van der Waals surface area contributed by atoms with Gasteiger partial charge in [-0.3, -0.25) is 4.98 Å².